The molecule has 0 bridgehead atoms. The van der Waals surface area contributed by atoms with Gasteiger partial charge in [-0.2, -0.15) is 0 Å². The second-order valence-corrected chi connectivity index (χ2v) is 5.53. The molecule has 106 valence electrons. The molecule has 1 aliphatic rings. The lowest BCUT2D eigenvalue weighted by Gasteiger charge is -2.36. The van der Waals surface area contributed by atoms with Crippen molar-refractivity contribution in [3.63, 3.8) is 0 Å². The van der Waals surface area contributed by atoms with Crippen molar-refractivity contribution < 1.29 is 0 Å². The Balaban J connectivity index is 0.00000180. The molecule has 0 heterocycles. The fourth-order valence-electron chi connectivity index (χ4n) is 2.81. The van der Waals surface area contributed by atoms with Crippen molar-refractivity contribution in [2.75, 3.05) is 6.54 Å². The molecule has 0 aliphatic heterocycles. The molecule has 5 heteroatoms. The number of guanidine groups is 1. The zero-order valence-electron chi connectivity index (χ0n) is 10.9. The largest absolute Gasteiger partial charge is 0.370 e. The van der Waals surface area contributed by atoms with E-state index >= 15 is 0 Å². The summed E-state index contributed by atoms with van der Waals surface area (Å²) < 4.78 is 0. The van der Waals surface area contributed by atoms with Gasteiger partial charge in [-0.15, -0.1) is 17.0 Å². The van der Waals surface area contributed by atoms with Gasteiger partial charge in [0.15, 0.2) is 5.96 Å². The number of hydrogen-bond donors (Lipinski definition) is 2. The quantitative estimate of drug-likeness (QED) is 0.651. The Kier molecular flexibility index (Phi) is 6.14. The average molecular weight is 347 g/mol. The highest BCUT2D eigenvalue weighted by Crippen LogP contribution is 2.40. The maximum absolute atomic E-state index is 5.96. The Hall–Kier alpha value is -0.740. The number of hydrogen-bond acceptors (Lipinski definition) is 1. The molecule has 0 unspecified atom stereocenters. The number of halogens is 2. The number of nitrogens with zero attached hydrogens (tertiary/aromatic N) is 1. The Morgan fingerprint density at radius 2 is 1.68 bits per heavy atom. The van der Waals surface area contributed by atoms with Crippen LogP contribution in [-0.2, 0) is 5.41 Å². The van der Waals surface area contributed by atoms with Crippen LogP contribution in [0.25, 0.3) is 0 Å². The third-order valence-electron chi connectivity index (χ3n) is 3.83. The summed E-state index contributed by atoms with van der Waals surface area (Å²) in [5.41, 5.74) is 12.3. The normalized spacial score (nSPS) is 17.3. The highest BCUT2D eigenvalue weighted by Gasteiger charge is 2.33. The lowest BCUT2D eigenvalue weighted by atomic mass is 9.69. The fraction of sp³-hybridized carbons (Fsp3) is 0.500. The number of benzene rings is 1. The molecule has 1 aromatic carbocycles. The summed E-state index contributed by atoms with van der Waals surface area (Å²) in [5.74, 6) is 0.175. The zero-order chi connectivity index (χ0) is 13.0. The highest BCUT2D eigenvalue weighted by atomic mass is 79.9. The summed E-state index contributed by atoms with van der Waals surface area (Å²) in [6.45, 7) is 0.678. The fourth-order valence-corrected chi connectivity index (χ4v) is 2.94. The van der Waals surface area contributed by atoms with Crippen molar-refractivity contribution in [1.82, 2.24) is 0 Å². The van der Waals surface area contributed by atoms with Gasteiger partial charge in [0, 0.05) is 10.4 Å². The molecule has 0 atom stereocenters. The maximum Gasteiger partial charge on any atom is 0.185 e. The maximum atomic E-state index is 5.96. The molecule has 4 N–H and O–H groups in total. The second-order valence-electron chi connectivity index (χ2n) is 5.09. The molecule has 19 heavy (non-hydrogen) atoms. The summed E-state index contributed by atoms with van der Waals surface area (Å²) >= 11 is 5.96. The van der Waals surface area contributed by atoms with Gasteiger partial charge in [-0.05, 0) is 30.5 Å². The van der Waals surface area contributed by atoms with Crippen LogP contribution in [0.15, 0.2) is 29.3 Å². The van der Waals surface area contributed by atoms with Crippen LogP contribution >= 0.6 is 28.6 Å². The van der Waals surface area contributed by atoms with Crippen molar-refractivity contribution >= 4 is 34.5 Å². The standard InChI is InChI=1S/C14H20ClN3.BrH/c15-12-6-4-11(5-7-12)14(10-18-13(16)17)8-2-1-3-9-14;/h4-7H,1-3,8-10H2,(H4,16,17,18);1H. The molecule has 1 aliphatic carbocycles. The molecule has 2 rings (SSSR count). The predicted octanol–water partition coefficient (Wildman–Crippen LogP) is 3.39. The smallest absolute Gasteiger partial charge is 0.185 e. The van der Waals surface area contributed by atoms with Crippen molar-refractivity contribution in [3.05, 3.63) is 34.9 Å². The van der Waals surface area contributed by atoms with Gasteiger partial charge in [-0.1, -0.05) is 43.0 Å². The van der Waals surface area contributed by atoms with Gasteiger partial charge in [0.2, 0.25) is 0 Å². The first-order valence-electron chi connectivity index (χ1n) is 6.44. The summed E-state index contributed by atoms with van der Waals surface area (Å²) in [6, 6.07) is 8.11. The van der Waals surface area contributed by atoms with Gasteiger partial charge < -0.3 is 11.5 Å². The molecular formula is C14H21BrClN3. The number of rotatable bonds is 3. The van der Waals surface area contributed by atoms with Crippen LogP contribution in [0.3, 0.4) is 0 Å². The number of aliphatic imine (C=N–C) groups is 1. The summed E-state index contributed by atoms with van der Waals surface area (Å²) in [6.07, 6.45) is 6.07. The Morgan fingerprint density at radius 1 is 1.11 bits per heavy atom. The molecule has 0 radical (unpaired) electrons. The van der Waals surface area contributed by atoms with Crippen molar-refractivity contribution in [1.29, 1.82) is 0 Å². The minimum Gasteiger partial charge on any atom is -0.370 e. The third kappa shape index (κ3) is 4.11. The first-order valence-corrected chi connectivity index (χ1v) is 6.82. The summed E-state index contributed by atoms with van der Waals surface area (Å²) in [4.78, 5) is 4.26. The lowest BCUT2D eigenvalue weighted by Crippen LogP contribution is -2.34. The second kappa shape index (κ2) is 7.15. The van der Waals surface area contributed by atoms with Gasteiger partial charge in [0.25, 0.3) is 0 Å². The molecule has 1 fully saturated rings. The van der Waals surface area contributed by atoms with E-state index in [2.05, 4.69) is 17.1 Å². The van der Waals surface area contributed by atoms with Crippen LogP contribution < -0.4 is 11.5 Å². The predicted molar refractivity (Wildman–Crippen MR) is 87.2 cm³/mol. The summed E-state index contributed by atoms with van der Waals surface area (Å²) in [7, 11) is 0. The summed E-state index contributed by atoms with van der Waals surface area (Å²) in [5, 5.41) is 0.770. The van der Waals surface area contributed by atoms with Crippen LogP contribution in [-0.4, -0.2) is 12.5 Å². The first kappa shape index (κ1) is 16.3. The van der Waals surface area contributed by atoms with Crippen LogP contribution in [0.5, 0.6) is 0 Å². The number of nitrogens with two attached hydrogens (primary N) is 2. The van der Waals surface area contributed by atoms with Gasteiger partial charge in [-0.3, -0.25) is 4.99 Å². The monoisotopic (exact) mass is 345 g/mol. The average Bonchev–Trinajstić information content (AvgIpc) is 2.38. The van der Waals surface area contributed by atoms with Crippen molar-refractivity contribution in [2.45, 2.75) is 37.5 Å². The molecule has 0 amide bonds. The molecular weight excluding hydrogens is 326 g/mol. The van der Waals surface area contributed by atoms with Crippen molar-refractivity contribution in [3.8, 4) is 0 Å². The van der Waals surface area contributed by atoms with Gasteiger partial charge in [-0.25, -0.2) is 0 Å². The molecule has 0 saturated heterocycles. The van der Waals surface area contributed by atoms with E-state index in [4.69, 9.17) is 23.1 Å². The van der Waals surface area contributed by atoms with E-state index in [0.717, 1.165) is 17.9 Å². The Morgan fingerprint density at radius 3 is 2.21 bits per heavy atom. The van der Waals surface area contributed by atoms with Gasteiger partial charge >= 0.3 is 0 Å². The lowest BCUT2D eigenvalue weighted by molar-refractivity contribution is 0.301. The zero-order valence-corrected chi connectivity index (χ0v) is 13.4. The van der Waals surface area contributed by atoms with Crippen LogP contribution in [0.4, 0.5) is 0 Å². The topological polar surface area (TPSA) is 64.4 Å². The van der Waals surface area contributed by atoms with E-state index in [-0.39, 0.29) is 28.4 Å². The molecule has 3 nitrogen and oxygen atoms in total. The Bertz CT molecular complexity index is 421. The SMILES string of the molecule is Br.NC(N)=NCC1(c2ccc(Cl)cc2)CCCCC1. The first-order chi connectivity index (χ1) is 8.62. The van der Waals surface area contributed by atoms with Gasteiger partial charge in [0.05, 0.1) is 6.54 Å². The molecule has 0 aromatic heterocycles. The van der Waals surface area contributed by atoms with Crippen LogP contribution in [0.2, 0.25) is 5.02 Å². The van der Waals surface area contributed by atoms with E-state index in [1.165, 1.54) is 24.8 Å². The molecule has 1 saturated carbocycles. The minimum atomic E-state index is 0. The highest BCUT2D eigenvalue weighted by molar-refractivity contribution is 8.93. The van der Waals surface area contributed by atoms with Crippen LogP contribution in [0, 0.1) is 0 Å². The van der Waals surface area contributed by atoms with E-state index < -0.39 is 0 Å². The van der Waals surface area contributed by atoms with Gasteiger partial charge in [0.1, 0.15) is 0 Å². The van der Waals surface area contributed by atoms with Crippen LogP contribution in [0.1, 0.15) is 37.7 Å². The van der Waals surface area contributed by atoms with Crippen molar-refractivity contribution in [2.24, 2.45) is 16.5 Å². The van der Waals surface area contributed by atoms with E-state index in [0.29, 0.717) is 6.54 Å². The Labute approximate surface area is 130 Å². The van der Waals surface area contributed by atoms with E-state index in [1.54, 1.807) is 0 Å². The molecule has 0 spiro atoms. The molecule has 1 aromatic rings. The van der Waals surface area contributed by atoms with E-state index in [9.17, 15) is 0 Å². The van der Waals surface area contributed by atoms with E-state index in [1.807, 2.05) is 12.1 Å². The minimum absolute atomic E-state index is 0. The third-order valence-corrected chi connectivity index (χ3v) is 4.08.